The molecule has 3 nitrogen and oxygen atoms in total. The van der Waals surface area contributed by atoms with E-state index in [4.69, 9.17) is 4.52 Å². The van der Waals surface area contributed by atoms with E-state index in [1.807, 2.05) is 0 Å². The van der Waals surface area contributed by atoms with Crippen molar-refractivity contribution in [1.82, 2.24) is 9.34 Å². The Kier molecular flexibility index (Phi) is 8.64. The van der Waals surface area contributed by atoms with Crippen molar-refractivity contribution in [3.8, 4) is 0 Å². The first-order valence-corrected chi connectivity index (χ1v) is 7.23. The van der Waals surface area contributed by atoms with Crippen LogP contribution in [0.2, 0.25) is 0 Å². The molecule has 0 aromatic heterocycles. The van der Waals surface area contributed by atoms with Crippen molar-refractivity contribution in [3.63, 3.8) is 0 Å². The van der Waals surface area contributed by atoms with Gasteiger partial charge in [-0.1, -0.05) is 27.7 Å². The SMILES string of the molecule is CCN(CC)P(OC(C)C)N(CC)CC. The average molecular weight is 234 g/mol. The predicted octanol–water partition coefficient (Wildman–Crippen LogP) is 3.32. The molecule has 0 amide bonds. The molecule has 92 valence electrons. The highest BCUT2D eigenvalue weighted by atomic mass is 31.2. The van der Waals surface area contributed by atoms with E-state index < -0.39 is 8.45 Å². The Morgan fingerprint density at radius 2 is 1.20 bits per heavy atom. The zero-order valence-electron chi connectivity index (χ0n) is 11.2. The molecule has 0 spiro atoms. The van der Waals surface area contributed by atoms with Crippen LogP contribution in [0.3, 0.4) is 0 Å². The predicted molar refractivity (Wildman–Crippen MR) is 69.0 cm³/mol. The number of nitrogens with zero attached hydrogens (tertiary/aromatic N) is 2. The van der Waals surface area contributed by atoms with Crippen molar-refractivity contribution in [2.75, 3.05) is 26.2 Å². The molecular formula is C11H27N2OP. The van der Waals surface area contributed by atoms with Gasteiger partial charge in [0.1, 0.15) is 0 Å². The van der Waals surface area contributed by atoms with Crippen LogP contribution in [-0.4, -0.2) is 41.6 Å². The molecule has 0 fully saturated rings. The molecule has 0 rings (SSSR count). The quantitative estimate of drug-likeness (QED) is 0.599. The summed E-state index contributed by atoms with van der Waals surface area (Å²) in [7, 11) is -0.561. The van der Waals surface area contributed by atoms with E-state index in [0.29, 0.717) is 6.10 Å². The van der Waals surface area contributed by atoms with Crippen LogP contribution >= 0.6 is 8.45 Å². The lowest BCUT2D eigenvalue weighted by molar-refractivity contribution is 0.213. The number of rotatable bonds is 8. The highest BCUT2D eigenvalue weighted by Gasteiger charge is 2.23. The maximum Gasteiger partial charge on any atom is 0.188 e. The standard InChI is InChI=1S/C11H27N2OP/c1-7-12(8-2)15(14-11(5)6)13(9-3)10-4/h11H,7-10H2,1-6H3. The van der Waals surface area contributed by atoms with Crippen LogP contribution in [0.4, 0.5) is 0 Å². The highest BCUT2D eigenvalue weighted by Crippen LogP contribution is 2.45. The van der Waals surface area contributed by atoms with Crippen LogP contribution < -0.4 is 0 Å². The lowest BCUT2D eigenvalue weighted by Gasteiger charge is -2.37. The summed E-state index contributed by atoms with van der Waals surface area (Å²) in [6, 6.07) is 0. The van der Waals surface area contributed by atoms with Crippen molar-refractivity contribution in [3.05, 3.63) is 0 Å². The van der Waals surface area contributed by atoms with Gasteiger partial charge in [0.25, 0.3) is 0 Å². The molecule has 0 N–H and O–H groups in total. The van der Waals surface area contributed by atoms with Crippen LogP contribution in [-0.2, 0) is 4.52 Å². The molecular weight excluding hydrogens is 207 g/mol. The Labute approximate surface area is 96.7 Å². The first-order valence-electron chi connectivity index (χ1n) is 6.07. The minimum absolute atomic E-state index is 0.303. The lowest BCUT2D eigenvalue weighted by Crippen LogP contribution is -2.30. The van der Waals surface area contributed by atoms with Gasteiger partial charge in [0, 0.05) is 26.2 Å². The normalized spacial score (nSPS) is 12.4. The van der Waals surface area contributed by atoms with Crippen LogP contribution in [0.25, 0.3) is 0 Å². The van der Waals surface area contributed by atoms with Crippen LogP contribution in [0.15, 0.2) is 0 Å². The van der Waals surface area contributed by atoms with E-state index in [1.165, 1.54) is 0 Å². The van der Waals surface area contributed by atoms with Crippen molar-refractivity contribution >= 4 is 8.45 Å². The zero-order valence-corrected chi connectivity index (χ0v) is 12.1. The third-order valence-corrected chi connectivity index (χ3v) is 4.96. The minimum atomic E-state index is -0.561. The first-order chi connectivity index (χ1) is 7.10. The maximum absolute atomic E-state index is 6.05. The van der Waals surface area contributed by atoms with Gasteiger partial charge in [-0.15, -0.1) is 0 Å². The smallest absolute Gasteiger partial charge is 0.188 e. The van der Waals surface area contributed by atoms with Crippen molar-refractivity contribution in [2.24, 2.45) is 0 Å². The molecule has 0 aliphatic carbocycles. The summed E-state index contributed by atoms with van der Waals surface area (Å²) in [5.74, 6) is 0. The van der Waals surface area contributed by atoms with Gasteiger partial charge in [-0.3, -0.25) is 0 Å². The van der Waals surface area contributed by atoms with Gasteiger partial charge < -0.3 is 4.52 Å². The Morgan fingerprint density at radius 3 is 1.40 bits per heavy atom. The number of hydrogen-bond donors (Lipinski definition) is 0. The van der Waals surface area contributed by atoms with E-state index in [-0.39, 0.29) is 0 Å². The van der Waals surface area contributed by atoms with Crippen LogP contribution in [0.1, 0.15) is 41.5 Å². The molecule has 0 heterocycles. The van der Waals surface area contributed by atoms with Gasteiger partial charge in [-0.05, 0) is 13.8 Å². The van der Waals surface area contributed by atoms with E-state index >= 15 is 0 Å². The fourth-order valence-corrected chi connectivity index (χ4v) is 3.40. The molecule has 0 saturated carbocycles. The molecule has 0 atom stereocenters. The Hall–Kier alpha value is 0.310. The molecule has 0 aliphatic rings. The first kappa shape index (κ1) is 15.3. The molecule has 0 aromatic carbocycles. The van der Waals surface area contributed by atoms with Gasteiger partial charge >= 0.3 is 0 Å². The monoisotopic (exact) mass is 234 g/mol. The zero-order chi connectivity index (χ0) is 11.8. The molecule has 0 unspecified atom stereocenters. The fourth-order valence-electron chi connectivity index (χ4n) is 1.43. The fraction of sp³-hybridized carbons (Fsp3) is 1.00. The summed E-state index contributed by atoms with van der Waals surface area (Å²) < 4.78 is 10.9. The minimum Gasteiger partial charge on any atom is -0.329 e. The van der Waals surface area contributed by atoms with Crippen LogP contribution in [0, 0.1) is 0 Å². The van der Waals surface area contributed by atoms with Gasteiger partial charge in [-0.25, -0.2) is 9.34 Å². The summed E-state index contributed by atoms with van der Waals surface area (Å²) in [5, 5.41) is 0. The molecule has 15 heavy (non-hydrogen) atoms. The van der Waals surface area contributed by atoms with Gasteiger partial charge in [0.2, 0.25) is 0 Å². The van der Waals surface area contributed by atoms with Gasteiger partial charge in [0.15, 0.2) is 8.45 Å². The second-order valence-electron chi connectivity index (χ2n) is 3.68. The summed E-state index contributed by atoms with van der Waals surface area (Å²) in [5.41, 5.74) is 0. The lowest BCUT2D eigenvalue weighted by atomic mass is 10.5. The maximum atomic E-state index is 6.05. The summed E-state index contributed by atoms with van der Waals surface area (Å²) in [6.45, 7) is 17.3. The molecule has 0 aliphatic heterocycles. The summed E-state index contributed by atoms with van der Waals surface area (Å²) in [4.78, 5) is 0. The number of hydrogen-bond acceptors (Lipinski definition) is 3. The molecule has 4 heteroatoms. The van der Waals surface area contributed by atoms with Crippen molar-refractivity contribution < 1.29 is 4.52 Å². The van der Waals surface area contributed by atoms with E-state index in [2.05, 4.69) is 50.9 Å². The molecule has 0 saturated heterocycles. The van der Waals surface area contributed by atoms with Crippen LogP contribution in [0.5, 0.6) is 0 Å². The van der Waals surface area contributed by atoms with E-state index in [9.17, 15) is 0 Å². The topological polar surface area (TPSA) is 15.7 Å². The third kappa shape index (κ3) is 5.26. The van der Waals surface area contributed by atoms with Gasteiger partial charge in [-0.2, -0.15) is 0 Å². The second kappa shape index (κ2) is 8.46. The van der Waals surface area contributed by atoms with Crippen molar-refractivity contribution in [1.29, 1.82) is 0 Å². The largest absolute Gasteiger partial charge is 0.329 e. The Balaban J connectivity index is 4.52. The molecule has 0 aromatic rings. The highest BCUT2D eigenvalue weighted by molar-refractivity contribution is 7.47. The third-order valence-electron chi connectivity index (χ3n) is 2.25. The average Bonchev–Trinajstić information content (AvgIpc) is 2.20. The summed E-state index contributed by atoms with van der Waals surface area (Å²) in [6.07, 6.45) is 0.303. The Bertz CT molecular complexity index is 136. The Morgan fingerprint density at radius 1 is 0.867 bits per heavy atom. The molecule has 0 bridgehead atoms. The molecule has 0 radical (unpaired) electrons. The van der Waals surface area contributed by atoms with Crippen molar-refractivity contribution in [2.45, 2.75) is 47.6 Å². The second-order valence-corrected chi connectivity index (χ2v) is 5.53. The summed E-state index contributed by atoms with van der Waals surface area (Å²) >= 11 is 0. The van der Waals surface area contributed by atoms with E-state index in [0.717, 1.165) is 26.2 Å². The van der Waals surface area contributed by atoms with Gasteiger partial charge in [0.05, 0.1) is 6.10 Å². The van der Waals surface area contributed by atoms with E-state index in [1.54, 1.807) is 0 Å².